The Hall–Kier alpha value is -2.93. The topological polar surface area (TPSA) is 82.8 Å². The van der Waals surface area contributed by atoms with Crippen LogP contribution in [0.15, 0.2) is 47.4 Å². The Morgan fingerprint density at radius 3 is 2.34 bits per heavy atom. The van der Waals surface area contributed by atoms with E-state index in [-0.39, 0.29) is 35.9 Å². The van der Waals surface area contributed by atoms with Crippen molar-refractivity contribution in [2.75, 3.05) is 20.1 Å². The fourth-order valence-corrected chi connectivity index (χ4v) is 6.61. The van der Waals surface area contributed by atoms with Crippen LogP contribution in [0.4, 0.5) is 0 Å². The average molecular weight is 564 g/mol. The third-order valence-electron chi connectivity index (χ3n) is 9.75. The third kappa shape index (κ3) is 6.77. The number of nitrogens with zero attached hydrogens (tertiary/aromatic N) is 3. The van der Waals surface area contributed by atoms with Crippen LogP contribution in [0, 0.1) is 17.3 Å². The molecular formula is C34H49N3O4. The van der Waals surface area contributed by atoms with Crippen LogP contribution < -0.4 is 5.56 Å². The summed E-state index contributed by atoms with van der Waals surface area (Å²) in [6, 6.07) is 11.0. The lowest BCUT2D eigenvalue weighted by Gasteiger charge is -2.51. The van der Waals surface area contributed by atoms with Gasteiger partial charge in [0.25, 0.3) is 11.5 Å². The first-order chi connectivity index (χ1) is 19.3. The number of benzene rings is 1. The minimum Gasteiger partial charge on any atom is -0.387 e. The molecule has 7 heteroatoms. The van der Waals surface area contributed by atoms with Gasteiger partial charge in [-0.15, -0.1) is 0 Å². The Morgan fingerprint density at radius 2 is 1.73 bits per heavy atom. The van der Waals surface area contributed by atoms with Gasteiger partial charge in [0.1, 0.15) is 0 Å². The monoisotopic (exact) mass is 563 g/mol. The summed E-state index contributed by atoms with van der Waals surface area (Å²) in [5.74, 6) is 0.598. The molecule has 4 rings (SSSR count). The highest BCUT2D eigenvalue weighted by atomic mass is 16.3. The van der Waals surface area contributed by atoms with Crippen molar-refractivity contribution in [3.63, 3.8) is 0 Å². The number of hydrogen-bond acceptors (Lipinski definition) is 4. The number of carbonyl (C=O) groups is 2. The van der Waals surface area contributed by atoms with Crippen LogP contribution >= 0.6 is 0 Å². The second-order valence-electron chi connectivity index (χ2n) is 13.5. The van der Waals surface area contributed by atoms with Gasteiger partial charge in [0.05, 0.1) is 17.7 Å². The maximum absolute atomic E-state index is 13.6. The molecule has 0 spiro atoms. The molecule has 0 radical (unpaired) electrons. The zero-order valence-electron chi connectivity index (χ0n) is 25.9. The first-order valence-corrected chi connectivity index (χ1v) is 15.4. The van der Waals surface area contributed by atoms with Crippen LogP contribution in [0.3, 0.4) is 0 Å². The Bertz CT molecular complexity index is 1280. The van der Waals surface area contributed by atoms with E-state index in [9.17, 15) is 19.5 Å². The van der Waals surface area contributed by atoms with Gasteiger partial charge in [0, 0.05) is 55.3 Å². The molecule has 1 N–H and O–H groups in total. The minimum absolute atomic E-state index is 0.0167. The molecule has 2 heterocycles. The van der Waals surface area contributed by atoms with E-state index in [1.165, 1.54) is 42.7 Å². The zero-order chi connectivity index (χ0) is 29.9. The van der Waals surface area contributed by atoms with E-state index in [1.54, 1.807) is 18.1 Å². The second-order valence-corrected chi connectivity index (χ2v) is 13.5. The predicted molar refractivity (Wildman–Crippen MR) is 164 cm³/mol. The number of piperidine rings is 1. The van der Waals surface area contributed by atoms with Crippen molar-refractivity contribution in [1.82, 2.24) is 14.4 Å². The van der Waals surface area contributed by atoms with E-state index in [0.717, 1.165) is 12.0 Å². The van der Waals surface area contributed by atoms with Crippen molar-refractivity contribution in [3.8, 4) is 11.1 Å². The van der Waals surface area contributed by atoms with E-state index in [4.69, 9.17) is 0 Å². The molecule has 1 aliphatic heterocycles. The van der Waals surface area contributed by atoms with E-state index in [0.29, 0.717) is 36.6 Å². The molecule has 2 aliphatic rings. The van der Waals surface area contributed by atoms with Gasteiger partial charge in [-0.05, 0) is 38.2 Å². The quantitative estimate of drug-likeness (QED) is 0.454. The van der Waals surface area contributed by atoms with Crippen LogP contribution in [-0.4, -0.2) is 63.1 Å². The summed E-state index contributed by atoms with van der Waals surface area (Å²) < 4.78 is 1.48. The summed E-state index contributed by atoms with van der Waals surface area (Å²) in [4.78, 5) is 44.0. The van der Waals surface area contributed by atoms with Crippen molar-refractivity contribution >= 4 is 11.8 Å². The summed E-state index contributed by atoms with van der Waals surface area (Å²) in [7, 11) is 1.76. The van der Waals surface area contributed by atoms with Crippen molar-refractivity contribution in [1.29, 1.82) is 0 Å². The number of rotatable bonds is 8. The van der Waals surface area contributed by atoms with Crippen LogP contribution in [0.25, 0.3) is 11.1 Å². The maximum Gasteiger partial charge on any atom is 0.255 e. The zero-order valence-corrected chi connectivity index (χ0v) is 25.9. The molecule has 224 valence electrons. The number of hydrogen-bond donors (Lipinski definition) is 1. The molecule has 1 saturated heterocycles. The van der Waals surface area contributed by atoms with Crippen molar-refractivity contribution in [2.24, 2.45) is 17.3 Å². The molecule has 2 aromatic rings. The number of aliphatic hydroxyl groups is 1. The molecule has 0 bridgehead atoms. The molecule has 1 aromatic heterocycles. The lowest BCUT2D eigenvalue weighted by atomic mass is 9.69. The van der Waals surface area contributed by atoms with Crippen molar-refractivity contribution in [3.05, 3.63) is 58.5 Å². The standard InChI is InChI=1S/C34H49N3O4/c1-24(2)35(6)32(40)29-21-37(30(38)20-28(29)27-15-11-8-12-16-27)23-34(41)17-18-36(22-33(34,4)5)31(39)25(3)19-26-13-9-7-10-14-26/h8,11-12,15-16,20-21,24-26,41H,7,9-10,13-14,17-19,22-23H2,1-6H3/t25?,34-/m0/s1. The molecule has 1 aromatic carbocycles. The fourth-order valence-electron chi connectivity index (χ4n) is 6.61. The van der Waals surface area contributed by atoms with Crippen molar-refractivity contribution < 1.29 is 14.7 Å². The summed E-state index contributed by atoms with van der Waals surface area (Å²) in [5.41, 5.74) is -0.330. The second kappa shape index (κ2) is 12.5. The number of pyridine rings is 1. The molecule has 41 heavy (non-hydrogen) atoms. The Morgan fingerprint density at radius 1 is 1.07 bits per heavy atom. The van der Waals surface area contributed by atoms with Crippen LogP contribution in [0.2, 0.25) is 0 Å². The number of aromatic nitrogens is 1. The van der Waals surface area contributed by atoms with E-state index in [1.807, 2.05) is 69.9 Å². The van der Waals surface area contributed by atoms with Gasteiger partial charge in [-0.25, -0.2) is 0 Å². The maximum atomic E-state index is 13.6. The minimum atomic E-state index is -1.22. The van der Waals surface area contributed by atoms with Gasteiger partial charge in [-0.3, -0.25) is 14.4 Å². The van der Waals surface area contributed by atoms with Gasteiger partial charge < -0.3 is 19.5 Å². The third-order valence-corrected chi connectivity index (χ3v) is 9.75. The van der Waals surface area contributed by atoms with Gasteiger partial charge in [-0.1, -0.05) is 83.2 Å². The first-order valence-electron chi connectivity index (χ1n) is 15.4. The number of amides is 2. The molecule has 1 unspecified atom stereocenters. The molecule has 7 nitrogen and oxygen atoms in total. The average Bonchev–Trinajstić information content (AvgIpc) is 2.95. The van der Waals surface area contributed by atoms with Crippen LogP contribution in [0.5, 0.6) is 0 Å². The Kier molecular flexibility index (Phi) is 9.47. The summed E-state index contributed by atoms with van der Waals surface area (Å²) in [6.07, 6.45) is 9.19. The predicted octanol–water partition coefficient (Wildman–Crippen LogP) is 5.59. The molecule has 2 fully saturated rings. The Balaban J connectivity index is 1.57. The van der Waals surface area contributed by atoms with Gasteiger partial charge >= 0.3 is 0 Å². The van der Waals surface area contributed by atoms with Crippen molar-refractivity contribution in [2.45, 2.75) is 97.8 Å². The molecular weight excluding hydrogens is 514 g/mol. The van der Waals surface area contributed by atoms with E-state index < -0.39 is 11.0 Å². The summed E-state index contributed by atoms with van der Waals surface area (Å²) in [5, 5.41) is 12.0. The van der Waals surface area contributed by atoms with Crippen LogP contribution in [0.1, 0.15) is 89.9 Å². The lowest BCUT2D eigenvalue weighted by molar-refractivity contribution is -0.157. The Labute approximate surface area is 245 Å². The largest absolute Gasteiger partial charge is 0.387 e. The molecule has 2 atom stereocenters. The molecule has 2 amide bonds. The fraction of sp³-hybridized carbons (Fsp3) is 0.618. The number of carbonyl (C=O) groups excluding carboxylic acids is 2. The normalized spacial score (nSPS) is 22.0. The summed E-state index contributed by atoms with van der Waals surface area (Å²) in [6.45, 7) is 10.8. The van der Waals surface area contributed by atoms with Gasteiger partial charge in [0.2, 0.25) is 5.91 Å². The highest BCUT2D eigenvalue weighted by Crippen LogP contribution is 2.41. The van der Waals surface area contributed by atoms with E-state index >= 15 is 0 Å². The lowest BCUT2D eigenvalue weighted by Crippen LogP contribution is -2.61. The SMILES string of the molecule is CC(CC1CCCCC1)C(=O)N1CC[C@](O)(Cn2cc(C(=O)N(C)C(C)C)c(-c3ccccc3)cc2=O)C(C)(C)C1. The highest BCUT2D eigenvalue weighted by molar-refractivity contribution is 6.00. The molecule has 1 aliphatic carbocycles. The van der Waals surface area contributed by atoms with E-state index in [2.05, 4.69) is 0 Å². The number of likely N-dealkylation sites (tertiary alicyclic amines) is 1. The van der Waals surface area contributed by atoms with Gasteiger partial charge in [0.15, 0.2) is 0 Å². The first kappa shape index (κ1) is 31.0. The highest BCUT2D eigenvalue weighted by Gasteiger charge is 2.49. The van der Waals surface area contributed by atoms with Gasteiger partial charge in [-0.2, -0.15) is 0 Å². The molecule has 1 saturated carbocycles. The smallest absolute Gasteiger partial charge is 0.255 e. The summed E-state index contributed by atoms with van der Waals surface area (Å²) >= 11 is 0. The van der Waals surface area contributed by atoms with Crippen LogP contribution in [-0.2, 0) is 11.3 Å².